The summed E-state index contributed by atoms with van der Waals surface area (Å²) in [6.07, 6.45) is 1.42. The van der Waals surface area contributed by atoms with Crippen LogP contribution in [0.15, 0.2) is 40.2 Å². The number of anilines is 1. The first kappa shape index (κ1) is 20.3. The zero-order valence-electron chi connectivity index (χ0n) is 16.0. The highest BCUT2D eigenvalue weighted by Crippen LogP contribution is 2.13. The Labute approximate surface area is 169 Å². The number of nitrogens with zero attached hydrogens (tertiary/aromatic N) is 5. The van der Waals surface area contributed by atoms with E-state index in [0.29, 0.717) is 10.7 Å². The molecule has 152 valence electrons. The molecule has 29 heavy (non-hydrogen) atoms. The van der Waals surface area contributed by atoms with Gasteiger partial charge in [0, 0.05) is 31.9 Å². The number of fused-ring (bicyclic) bond motifs is 1. The summed E-state index contributed by atoms with van der Waals surface area (Å²) in [5, 5.41) is 3.18. The van der Waals surface area contributed by atoms with E-state index in [-0.39, 0.29) is 17.7 Å². The number of aryl methyl sites for hydroxylation is 2. The molecular formula is C18H19ClN6O4. The molecule has 0 aliphatic carbocycles. The highest BCUT2D eigenvalue weighted by atomic mass is 35.5. The maximum atomic E-state index is 12.7. The molecule has 0 radical (unpaired) electrons. The second kappa shape index (κ2) is 7.92. The van der Waals surface area contributed by atoms with Gasteiger partial charge >= 0.3 is 5.69 Å². The minimum atomic E-state index is -0.659. The van der Waals surface area contributed by atoms with E-state index in [9.17, 15) is 19.2 Å². The minimum Gasteiger partial charge on any atom is -0.335 e. The van der Waals surface area contributed by atoms with Crippen LogP contribution >= 0.6 is 11.6 Å². The summed E-state index contributed by atoms with van der Waals surface area (Å²) < 4.78 is 3.53. The third-order valence-corrected chi connectivity index (χ3v) is 4.68. The van der Waals surface area contributed by atoms with E-state index in [4.69, 9.17) is 11.6 Å². The van der Waals surface area contributed by atoms with Crippen LogP contribution in [-0.4, -0.2) is 49.0 Å². The summed E-state index contributed by atoms with van der Waals surface area (Å²) in [7, 11) is 4.52. The zero-order valence-corrected chi connectivity index (χ0v) is 16.8. The van der Waals surface area contributed by atoms with Crippen LogP contribution in [0.3, 0.4) is 0 Å². The molecule has 3 aromatic rings. The van der Waals surface area contributed by atoms with Gasteiger partial charge in [-0.2, -0.15) is 0 Å². The van der Waals surface area contributed by atoms with Gasteiger partial charge in [0.1, 0.15) is 6.54 Å². The maximum absolute atomic E-state index is 12.7. The number of imidazole rings is 1. The van der Waals surface area contributed by atoms with Crippen LogP contribution in [0.25, 0.3) is 11.2 Å². The molecule has 0 atom stereocenters. The van der Waals surface area contributed by atoms with E-state index < -0.39 is 29.6 Å². The number of rotatable bonds is 5. The van der Waals surface area contributed by atoms with Crippen molar-refractivity contribution in [2.24, 2.45) is 14.1 Å². The standard InChI is InChI=1S/C18H19ClN6O4/c1-22(8-13(26)21-12-6-4-11(19)5-7-12)14(27)9-25-17(28)15-16(20-10-23(15)2)24(3)18(25)29/h4-7,10H,8-9H2,1-3H3,(H,21,26). The van der Waals surface area contributed by atoms with Crippen molar-refractivity contribution in [3.8, 4) is 0 Å². The molecule has 2 amide bonds. The van der Waals surface area contributed by atoms with Crippen LogP contribution in [0.4, 0.5) is 5.69 Å². The molecule has 2 aromatic heterocycles. The molecule has 10 nitrogen and oxygen atoms in total. The lowest BCUT2D eigenvalue weighted by atomic mass is 10.3. The minimum absolute atomic E-state index is 0.211. The number of hydrogen-bond acceptors (Lipinski definition) is 5. The maximum Gasteiger partial charge on any atom is 0.332 e. The normalized spacial score (nSPS) is 10.9. The van der Waals surface area contributed by atoms with E-state index in [2.05, 4.69) is 10.3 Å². The highest BCUT2D eigenvalue weighted by Gasteiger charge is 2.19. The monoisotopic (exact) mass is 418 g/mol. The van der Waals surface area contributed by atoms with Gasteiger partial charge in [0.25, 0.3) is 5.56 Å². The highest BCUT2D eigenvalue weighted by molar-refractivity contribution is 6.30. The number of carbonyl (C=O) groups excluding carboxylic acids is 2. The number of halogens is 1. The molecule has 0 fully saturated rings. The number of likely N-dealkylation sites (N-methyl/N-ethyl adjacent to an activating group) is 1. The topological polar surface area (TPSA) is 111 Å². The van der Waals surface area contributed by atoms with Gasteiger partial charge in [-0.25, -0.2) is 14.3 Å². The van der Waals surface area contributed by atoms with Gasteiger partial charge in [-0.3, -0.25) is 19.0 Å². The first-order valence-corrected chi connectivity index (χ1v) is 8.97. The summed E-state index contributed by atoms with van der Waals surface area (Å²) in [6, 6.07) is 6.52. The Morgan fingerprint density at radius 3 is 2.48 bits per heavy atom. The van der Waals surface area contributed by atoms with E-state index in [1.807, 2.05) is 0 Å². The van der Waals surface area contributed by atoms with Gasteiger partial charge in [0.2, 0.25) is 11.8 Å². The molecule has 3 rings (SSSR count). The van der Waals surface area contributed by atoms with Gasteiger partial charge in [-0.1, -0.05) is 11.6 Å². The molecule has 0 saturated carbocycles. The van der Waals surface area contributed by atoms with Gasteiger partial charge in [-0.15, -0.1) is 0 Å². The van der Waals surface area contributed by atoms with Crippen molar-refractivity contribution < 1.29 is 9.59 Å². The molecule has 0 unspecified atom stereocenters. The van der Waals surface area contributed by atoms with Crippen molar-refractivity contribution in [3.63, 3.8) is 0 Å². The van der Waals surface area contributed by atoms with E-state index in [1.165, 1.54) is 29.6 Å². The summed E-state index contributed by atoms with van der Waals surface area (Å²) in [4.78, 5) is 55.0. The number of nitrogens with one attached hydrogen (secondary N) is 1. The van der Waals surface area contributed by atoms with Crippen LogP contribution in [-0.2, 0) is 30.2 Å². The smallest absolute Gasteiger partial charge is 0.332 e. The van der Waals surface area contributed by atoms with Gasteiger partial charge in [0.05, 0.1) is 12.9 Å². The van der Waals surface area contributed by atoms with Crippen molar-refractivity contribution in [2.45, 2.75) is 6.54 Å². The fourth-order valence-electron chi connectivity index (χ4n) is 2.83. The lowest BCUT2D eigenvalue weighted by Crippen LogP contribution is -2.45. The van der Waals surface area contributed by atoms with Crippen molar-refractivity contribution in [3.05, 3.63) is 56.5 Å². The van der Waals surface area contributed by atoms with Crippen LogP contribution in [0, 0.1) is 0 Å². The quantitative estimate of drug-likeness (QED) is 0.635. The van der Waals surface area contributed by atoms with E-state index >= 15 is 0 Å². The third-order valence-electron chi connectivity index (χ3n) is 4.43. The van der Waals surface area contributed by atoms with Crippen molar-refractivity contribution in [1.82, 2.24) is 23.6 Å². The SMILES string of the molecule is CN(CC(=O)Nc1ccc(Cl)cc1)C(=O)Cn1c(=O)c2c(ncn2C)n(C)c1=O. The van der Waals surface area contributed by atoms with Gasteiger partial charge in [-0.05, 0) is 24.3 Å². The number of amides is 2. The number of benzene rings is 1. The molecule has 2 heterocycles. The Bertz CT molecular complexity index is 1210. The third kappa shape index (κ3) is 4.06. The fourth-order valence-corrected chi connectivity index (χ4v) is 2.95. The van der Waals surface area contributed by atoms with Crippen LogP contribution in [0.2, 0.25) is 5.02 Å². The van der Waals surface area contributed by atoms with Crippen LogP contribution < -0.4 is 16.6 Å². The van der Waals surface area contributed by atoms with Gasteiger partial charge in [0.15, 0.2) is 11.2 Å². The molecule has 0 bridgehead atoms. The molecule has 1 N–H and O–H groups in total. The molecule has 0 spiro atoms. The molecule has 0 aliphatic rings. The number of carbonyl (C=O) groups is 2. The zero-order chi connectivity index (χ0) is 21.3. The average molecular weight is 419 g/mol. The Kier molecular flexibility index (Phi) is 5.55. The first-order chi connectivity index (χ1) is 13.7. The van der Waals surface area contributed by atoms with Crippen LogP contribution in [0.5, 0.6) is 0 Å². The Morgan fingerprint density at radius 2 is 1.83 bits per heavy atom. The Hall–Kier alpha value is -3.40. The lowest BCUT2D eigenvalue weighted by Gasteiger charge is -2.17. The predicted octanol–water partition coefficient (Wildman–Crippen LogP) is 0.184. The Balaban J connectivity index is 1.75. The Morgan fingerprint density at radius 1 is 1.17 bits per heavy atom. The molecule has 0 aliphatic heterocycles. The largest absolute Gasteiger partial charge is 0.335 e. The van der Waals surface area contributed by atoms with Crippen molar-refractivity contribution in [1.29, 1.82) is 0 Å². The van der Waals surface area contributed by atoms with E-state index in [1.54, 1.807) is 31.3 Å². The molecular weight excluding hydrogens is 400 g/mol. The summed E-state index contributed by atoms with van der Waals surface area (Å²) in [5.41, 5.74) is -0.291. The molecule has 11 heteroatoms. The number of hydrogen-bond donors (Lipinski definition) is 1. The summed E-state index contributed by atoms with van der Waals surface area (Å²) >= 11 is 5.80. The van der Waals surface area contributed by atoms with E-state index in [0.717, 1.165) is 9.47 Å². The lowest BCUT2D eigenvalue weighted by molar-refractivity contribution is -0.133. The average Bonchev–Trinajstić information content (AvgIpc) is 3.06. The summed E-state index contributed by atoms with van der Waals surface area (Å²) in [5.74, 6) is -0.984. The van der Waals surface area contributed by atoms with Crippen molar-refractivity contribution >= 4 is 40.3 Å². The second-order valence-corrected chi connectivity index (χ2v) is 7.00. The number of aromatic nitrogens is 4. The molecule has 1 aromatic carbocycles. The fraction of sp³-hybridized carbons (Fsp3) is 0.278. The van der Waals surface area contributed by atoms with Crippen LogP contribution in [0.1, 0.15) is 0 Å². The predicted molar refractivity (Wildman–Crippen MR) is 108 cm³/mol. The second-order valence-electron chi connectivity index (χ2n) is 6.57. The van der Waals surface area contributed by atoms with Gasteiger partial charge < -0.3 is 14.8 Å². The summed E-state index contributed by atoms with van der Waals surface area (Å²) in [6.45, 7) is -0.734. The molecule has 0 saturated heterocycles. The van der Waals surface area contributed by atoms with Crippen molar-refractivity contribution in [2.75, 3.05) is 18.9 Å². The first-order valence-electron chi connectivity index (χ1n) is 8.59.